The smallest absolute Gasteiger partial charge is 0.0362 e. The molecule has 0 radical (unpaired) electrons. The van der Waals surface area contributed by atoms with Crippen LogP contribution in [-0.2, 0) is 6.54 Å². The molecular formula is C27H31ClN2S. The number of rotatable bonds is 7. The van der Waals surface area contributed by atoms with Crippen molar-refractivity contribution in [3.05, 3.63) is 102 Å². The van der Waals surface area contributed by atoms with E-state index in [-0.39, 0.29) is 12.4 Å². The lowest BCUT2D eigenvalue weighted by atomic mass is 9.78. The average Bonchev–Trinajstić information content (AvgIpc) is 3.42. The Morgan fingerprint density at radius 3 is 2.16 bits per heavy atom. The van der Waals surface area contributed by atoms with E-state index in [1.165, 1.54) is 41.1 Å². The third-order valence-corrected chi connectivity index (χ3v) is 7.77. The molecule has 1 N–H and O–H groups in total. The number of nitrogens with one attached hydrogen (secondary N) is 1. The Hall–Kier alpha value is -1.78. The molecule has 2 saturated heterocycles. The van der Waals surface area contributed by atoms with Crippen LogP contribution >= 0.6 is 24.2 Å². The minimum Gasteiger partial charge on any atom is -0.308 e. The van der Waals surface area contributed by atoms with Gasteiger partial charge in [-0.2, -0.15) is 0 Å². The quantitative estimate of drug-likeness (QED) is 0.456. The molecule has 0 aliphatic carbocycles. The fourth-order valence-corrected chi connectivity index (χ4v) is 6.19. The third-order valence-electron chi connectivity index (χ3n) is 6.93. The average molecular weight is 451 g/mol. The number of halogens is 1. The van der Waals surface area contributed by atoms with Gasteiger partial charge < -0.3 is 5.32 Å². The number of hydrogen-bond donors (Lipinski definition) is 1. The van der Waals surface area contributed by atoms with Crippen LogP contribution in [-0.4, -0.2) is 36.3 Å². The van der Waals surface area contributed by atoms with Crippen LogP contribution in [0.2, 0.25) is 0 Å². The highest BCUT2D eigenvalue weighted by molar-refractivity contribution is 7.98. The van der Waals surface area contributed by atoms with Crippen molar-refractivity contribution >= 4 is 24.2 Å². The number of nitrogens with zero attached hydrogens (tertiary/aromatic N) is 1. The van der Waals surface area contributed by atoms with Crippen molar-refractivity contribution in [2.45, 2.75) is 35.9 Å². The number of benzene rings is 3. The van der Waals surface area contributed by atoms with Crippen molar-refractivity contribution in [2.75, 3.05) is 19.3 Å². The molecule has 3 aromatic carbocycles. The summed E-state index contributed by atoms with van der Waals surface area (Å²) in [7, 11) is 0. The molecule has 0 saturated carbocycles. The normalized spacial score (nSPS) is 24.3. The molecule has 0 amide bonds. The molecule has 2 bridgehead atoms. The Balaban J connectivity index is 0.00000231. The van der Waals surface area contributed by atoms with E-state index in [1.807, 2.05) is 11.8 Å². The van der Waals surface area contributed by atoms with Crippen LogP contribution in [0, 0.1) is 5.92 Å². The molecule has 5 rings (SSSR count). The molecule has 162 valence electrons. The van der Waals surface area contributed by atoms with Gasteiger partial charge in [0, 0.05) is 36.0 Å². The van der Waals surface area contributed by atoms with E-state index in [1.54, 1.807) is 0 Å². The summed E-state index contributed by atoms with van der Waals surface area (Å²) in [4.78, 5) is 4.13. The summed E-state index contributed by atoms with van der Waals surface area (Å²) in [6, 6.07) is 32.1. The predicted octanol–water partition coefficient (Wildman–Crippen LogP) is 5.82. The van der Waals surface area contributed by atoms with Crippen LogP contribution in [0.5, 0.6) is 0 Å². The first kappa shape index (κ1) is 22.4. The van der Waals surface area contributed by atoms with Gasteiger partial charge in [-0.15, -0.1) is 24.2 Å². The van der Waals surface area contributed by atoms with Crippen molar-refractivity contribution in [3.8, 4) is 0 Å². The van der Waals surface area contributed by atoms with Crippen LogP contribution in [0.15, 0.2) is 89.8 Å². The number of hydrogen-bond acceptors (Lipinski definition) is 3. The molecule has 2 aliphatic rings. The number of piperidine rings is 1. The van der Waals surface area contributed by atoms with Crippen LogP contribution in [0.4, 0.5) is 0 Å². The minimum atomic E-state index is 0. The maximum absolute atomic E-state index is 4.02. The van der Waals surface area contributed by atoms with Crippen LogP contribution in [0.1, 0.15) is 29.0 Å². The second-order valence-electron chi connectivity index (χ2n) is 8.55. The van der Waals surface area contributed by atoms with E-state index >= 15 is 0 Å². The molecule has 31 heavy (non-hydrogen) atoms. The third kappa shape index (κ3) is 4.56. The van der Waals surface area contributed by atoms with Crippen molar-refractivity contribution < 1.29 is 0 Å². The Morgan fingerprint density at radius 1 is 0.903 bits per heavy atom. The van der Waals surface area contributed by atoms with Crippen LogP contribution in [0.25, 0.3) is 0 Å². The molecule has 3 aromatic rings. The maximum Gasteiger partial charge on any atom is 0.0362 e. The topological polar surface area (TPSA) is 15.3 Å². The predicted molar refractivity (Wildman–Crippen MR) is 134 cm³/mol. The maximum atomic E-state index is 4.02. The highest BCUT2D eigenvalue weighted by atomic mass is 35.5. The highest BCUT2D eigenvalue weighted by Gasteiger charge is 2.49. The van der Waals surface area contributed by atoms with Gasteiger partial charge in [0.1, 0.15) is 0 Å². The van der Waals surface area contributed by atoms with E-state index in [9.17, 15) is 0 Å². The van der Waals surface area contributed by atoms with Gasteiger partial charge in [-0.1, -0.05) is 78.9 Å². The Labute approximate surface area is 196 Å². The first-order valence-electron chi connectivity index (χ1n) is 11.0. The standard InChI is InChI=1S/C27H30N2S.ClH/c1-30-24-15-9-8-14-22(24)18-28-26-23-16-17-29(19-23)27(26)25(20-10-4-2-5-11-20)21-12-6-3-7-13-21;/h2-15,23,25-28H,16-19H2,1H3;1H. The first-order valence-corrected chi connectivity index (χ1v) is 12.3. The summed E-state index contributed by atoms with van der Waals surface area (Å²) in [6.07, 6.45) is 3.49. The van der Waals surface area contributed by atoms with E-state index in [0.717, 1.165) is 12.5 Å². The molecule has 2 nitrogen and oxygen atoms in total. The second-order valence-corrected chi connectivity index (χ2v) is 9.40. The van der Waals surface area contributed by atoms with Crippen LogP contribution < -0.4 is 5.32 Å². The zero-order chi connectivity index (χ0) is 20.3. The lowest BCUT2D eigenvalue weighted by Gasteiger charge is -2.39. The lowest BCUT2D eigenvalue weighted by molar-refractivity contribution is 0.197. The molecule has 2 aliphatic heterocycles. The van der Waals surface area contributed by atoms with Gasteiger partial charge in [0.25, 0.3) is 0 Å². The van der Waals surface area contributed by atoms with E-state index in [4.69, 9.17) is 0 Å². The second kappa shape index (κ2) is 10.2. The van der Waals surface area contributed by atoms with Gasteiger partial charge >= 0.3 is 0 Å². The molecule has 2 fully saturated rings. The first-order chi connectivity index (χ1) is 14.8. The van der Waals surface area contributed by atoms with Crippen molar-refractivity contribution in [3.63, 3.8) is 0 Å². The zero-order valence-electron chi connectivity index (χ0n) is 18.0. The molecule has 2 heterocycles. The molecule has 4 atom stereocenters. The van der Waals surface area contributed by atoms with Gasteiger partial charge in [0.2, 0.25) is 0 Å². The van der Waals surface area contributed by atoms with E-state index in [2.05, 4.69) is 101 Å². The van der Waals surface area contributed by atoms with Crippen molar-refractivity contribution in [2.24, 2.45) is 5.92 Å². The molecule has 0 aromatic heterocycles. The van der Waals surface area contributed by atoms with Crippen LogP contribution in [0.3, 0.4) is 0 Å². The highest BCUT2D eigenvalue weighted by Crippen LogP contribution is 2.43. The number of fused-ring (bicyclic) bond motifs is 2. The lowest BCUT2D eigenvalue weighted by Crippen LogP contribution is -2.51. The Kier molecular flexibility index (Phi) is 7.39. The minimum absolute atomic E-state index is 0. The SMILES string of the molecule is CSc1ccccc1CNC1C2CCN(C2)C1C(c1ccccc1)c1ccccc1.Cl. The monoisotopic (exact) mass is 450 g/mol. The largest absolute Gasteiger partial charge is 0.308 e. The zero-order valence-corrected chi connectivity index (χ0v) is 19.6. The van der Waals surface area contributed by atoms with Gasteiger partial charge in [0.05, 0.1) is 0 Å². The summed E-state index contributed by atoms with van der Waals surface area (Å²) in [5.74, 6) is 1.14. The van der Waals surface area contributed by atoms with Crippen molar-refractivity contribution in [1.29, 1.82) is 0 Å². The summed E-state index contributed by atoms with van der Waals surface area (Å²) in [6.45, 7) is 3.40. The molecular weight excluding hydrogens is 420 g/mol. The Morgan fingerprint density at radius 2 is 1.52 bits per heavy atom. The summed E-state index contributed by atoms with van der Waals surface area (Å²) in [5.41, 5.74) is 4.27. The Bertz CT molecular complexity index is 926. The van der Waals surface area contributed by atoms with Gasteiger partial charge in [-0.05, 0) is 47.9 Å². The summed E-state index contributed by atoms with van der Waals surface area (Å²) in [5, 5.41) is 4.02. The number of thioether (sulfide) groups is 1. The summed E-state index contributed by atoms with van der Waals surface area (Å²) < 4.78 is 0. The fraction of sp³-hybridized carbons (Fsp3) is 0.333. The summed E-state index contributed by atoms with van der Waals surface area (Å²) >= 11 is 1.84. The van der Waals surface area contributed by atoms with E-state index < -0.39 is 0 Å². The molecule has 4 heteroatoms. The molecule has 0 spiro atoms. The van der Waals surface area contributed by atoms with Gasteiger partial charge in [-0.3, -0.25) is 4.90 Å². The van der Waals surface area contributed by atoms with Gasteiger partial charge in [-0.25, -0.2) is 0 Å². The molecule has 4 unspecified atom stereocenters. The fourth-order valence-electron chi connectivity index (χ4n) is 5.58. The van der Waals surface area contributed by atoms with Crippen molar-refractivity contribution in [1.82, 2.24) is 10.2 Å². The van der Waals surface area contributed by atoms with Gasteiger partial charge in [0.15, 0.2) is 0 Å². The van der Waals surface area contributed by atoms with E-state index in [0.29, 0.717) is 18.0 Å².